The van der Waals surface area contributed by atoms with Crippen LogP contribution in [0.3, 0.4) is 0 Å². The van der Waals surface area contributed by atoms with Crippen molar-refractivity contribution in [3.05, 3.63) is 65.0 Å². The van der Waals surface area contributed by atoms with Gasteiger partial charge in [-0.05, 0) is 55.0 Å². The summed E-state index contributed by atoms with van der Waals surface area (Å²) in [6.07, 6.45) is 3.61. The second-order valence-electron chi connectivity index (χ2n) is 6.51. The first-order chi connectivity index (χ1) is 12.1. The molecular weight excluding hydrogens is 317 g/mol. The molecule has 3 rings (SSSR count). The number of carbonyl (C=O) groups excluding carboxylic acids is 1. The van der Waals surface area contributed by atoms with Gasteiger partial charge in [-0.15, -0.1) is 0 Å². The maximum Gasteiger partial charge on any atom is 0.257 e. The summed E-state index contributed by atoms with van der Waals surface area (Å²) in [5.74, 6) is -0.152. The molecule has 0 heterocycles. The summed E-state index contributed by atoms with van der Waals surface area (Å²) in [4.78, 5) is 15.1. The van der Waals surface area contributed by atoms with Crippen molar-refractivity contribution in [2.24, 2.45) is 0 Å². The Morgan fingerprint density at radius 2 is 2.00 bits per heavy atom. The number of aryl methyl sites for hydroxylation is 1. The van der Waals surface area contributed by atoms with E-state index in [1.165, 1.54) is 36.4 Å². The van der Waals surface area contributed by atoms with E-state index in [1.807, 2.05) is 11.0 Å². The second-order valence-corrected chi connectivity index (χ2v) is 6.51. The lowest BCUT2D eigenvalue weighted by atomic mass is 9.87. The van der Waals surface area contributed by atoms with Crippen molar-refractivity contribution in [2.75, 3.05) is 13.7 Å². The first kappa shape index (κ1) is 17.5. The van der Waals surface area contributed by atoms with Crippen molar-refractivity contribution < 1.29 is 13.9 Å². The first-order valence-corrected chi connectivity index (χ1v) is 8.85. The van der Waals surface area contributed by atoms with Gasteiger partial charge in [0.2, 0.25) is 0 Å². The Morgan fingerprint density at radius 1 is 1.24 bits per heavy atom. The van der Waals surface area contributed by atoms with Crippen LogP contribution in [0.15, 0.2) is 42.5 Å². The SMILES string of the molecule is CCCN(C(=O)c1cc(F)ccc1OC)C1CCc2ccccc2C1. The molecule has 0 N–H and O–H groups in total. The summed E-state index contributed by atoms with van der Waals surface area (Å²) in [7, 11) is 1.50. The maximum absolute atomic E-state index is 13.7. The summed E-state index contributed by atoms with van der Waals surface area (Å²) < 4.78 is 19.0. The molecule has 1 aliphatic rings. The molecule has 1 atom stereocenters. The number of halogens is 1. The van der Waals surface area contributed by atoms with Crippen LogP contribution < -0.4 is 4.74 Å². The molecule has 4 heteroatoms. The van der Waals surface area contributed by atoms with Crippen LogP contribution in [-0.2, 0) is 12.8 Å². The van der Waals surface area contributed by atoms with Gasteiger partial charge in [-0.2, -0.15) is 0 Å². The summed E-state index contributed by atoms with van der Waals surface area (Å²) in [6, 6.07) is 12.6. The second kappa shape index (κ2) is 7.68. The van der Waals surface area contributed by atoms with Crippen LogP contribution in [0.4, 0.5) is 4.39 Å². The van der Waals surface area contributed by atoms with Gasteiger partial charge in [-0.25, -0.2) is 4.39 Å². The van der Waals surface area contributed by atoms with Crippen molar-refractivity contribution >= 4 is 5.91 Å². The van der Waals surface area contributed by atoms with Gasteiger partial charge >= 0.3 is 0 Å². The van der Waals surface area contributed by atoms with Crippen LogP contribution >= 0.6 is 0 Å². The van der Waals surface area contributed by atoms with Crippen molar-refractivity contribution in [3.8, 4) is 5.75 Å². The minimum Gasteiger partial charge on any atom is -0.496 e. The minimum atomic E-state index is -0.422. The molecular formula is C21H24FNO2. The molecule has 0 fully saturated rings. The van der Waals surface area contributed by atoms with E-state index in [1.54, 1.807) is 0 Å². The maximum atomic E-state index is 13.7. The molecule has 0 bridgehead atoms. The molecule has 1 unspecified atom stereocenters. The minimum absolute atomic E-state index is 0.135. The number of nitrogens with zero attached hydrogens (tertiary/aromatic N) is 1. The first-order valence-electron chi connectivity index (χ1n) is 8.85. The summed E-state index contributed by atoms with van der Waals surface area (Å²) in [5, 5.41) is 0. The quantitative estimate of drug-likeness (QED) is 0.814. The molecule has 0 saturated heterocycles. The van der Waals surface area contributed by atoms with E-state index in [2.05, 4.69) is 25.1 Å². The average molecular weight is 341 g/mol. The van der Waals surface area contributed by atoms with E-state index in [9.17, 15) is 9.18 Å². The Morgan fingerprint density at radius 3 is 2.72 bits per heavy atom. The lowest BCUT2D eigenvalue weighted by molar-refractivity contribution is 0.0657. The van der Waals surface area contributed by atoms with Crippen molar-refractivity contribution in [2.45, 2.75) is 38.6 Å². The van der Waals surface area contributed by atoms with Gasteiger partial charge in [0.1, 0.15) is 11.6 Å². The molecule has 1 aliphatic carbocycles. The zero-order chi connectivity index (χ0) is 17.8. The molecule has 2 aromatic rings. The Hall–Kier alpha value is -2.36. The number of amides is 1. The highest BCUT2D eigenvalue weighted by Gasteiger charge is 2.29. The zero-order valence-corrected chi connectivity index (χ0v) is 14.8. The van der Waals surface area contributed by atoms with E-state index in [0.29, 0.717) is 17.9 Å². The average Bonchev–Trinajstić information content (AvgIpc) is 2.65. The van der Waals surface area contributed by atoms with Crippen LogP contribution in [0.2, 0.25) is 0 Å². The zero-order valence-electron chi connectivity index (χ0n) is 14.8. The molecule has 0 saturated carbocycles. The lowest BCUT2D eigenvalue weighted by Gasteiger charge is -2.35. The van der Waals surface area contributed by atoms with Gasteiger partial charge in [0, 0.05) is 12.6 Å². The van der Waals surface area contributed by atoms with E-state index >= 15 is 0 Å². The number of methoxy groups -OCH3 is 1. The molecule has 25 heavy (non-hydrogen) atoms. The topological polar surface area (TPSA) is 29.5 Å². The van der Waals surface area contributed by atoms with Crippen LogP contribution in [0, 0.1) is 5.82 Å². The van der Waals surface area contributed by atoms with E-state index in [0.717, 1.165) is 25.7 Å². The van der Waals surface area contributed by atoms with Gasteiger partial charge < -0.3 is 9.64 Å². The third kappa shape index (κ3) is 3.68. The standard InChI is InChI=1S/C21H24FNO2/c1-3-12-23(18-10-8-15-6-4-5-7-16(15)13-18)21(24)19-14-17(22)9-11-20(19)25-2/h4-7,9,11,14,18H,3,8,10,12-13H2,1-2H3. The van der Waals surface area contributed by atoms with Crippen LogP contribution in [0.5, 0.6) is 5.75 Å². The molecule has 0 aliphatic heterocycles. The number of benzene rings is 2. The highest BCUT2D eigenvalue weighted by molar-refractivity contribution is 5.97. The van der Waals surface area contributed by atoms with Crippen LogP contribution in [0.25, 0.3) is 0 Å². The van der Waals surface area contributed by atoms with Crippen LogP contribution in [0.1, 0.15) is 41.3 Å². The van der Waals surface area contributed by atoms with E-state index < -0.39 is 5.82 Å². The molecule has 3 nitrogen and oxygen atoms in total. The Labute approximate surface area is 148 Å². The van der Waals surface area contributed by atoms with Gasteiger partial charge in [0.15, 0.2) is 0 Å². The normalized spacial score (nSPS) is 16.2. The Kier molecular flexibility index (Phi) is 5.37. The number of rotatable bonds is 5. The van der Waals surface area contributed by atoms with Crippen molar-refractivity contribution in [1.29, 1.82) is 0 Å². The van der Waals surface area contributed by atoms with Crippen LogP contribution in [-0.4, -0.2) is 30.5 Å². The predicted octanol–water partition coefficient (Wildman–Crippen LogP) is 4.24. The fraction of sp³-hybridized carbons (Fsp3) is 0.381. The molecule has 0 spiro atoms. The molecule has 0 radical (unpaired) electrons. The molecule has 1 amide bonds. The number of hydrogen-bond donors (Lipinski definition) is 0. The highest BCUT2D eigenvalue weighted by Crippen LogP contribution is 2.28. The van der Waals surface area contributed by atoms with Crippen molar-refractivity contribution in [3.63, 3.8) is 0 Å². The Bertz CT molecular complexity index is 759. The van der Waals surface area contributed by atoms with E-state index in [-0.39, 0.29) is 11.9 Å². The smallest absolute Gasteiger partial charge is 0.257 e. The summed E-state index contributed by atoms with van der Waals surface area (Å²) in [5.41, 5.74) is 2.97. The highest BCUT2D eigenvalue weighted by atomic mass is 19.1. The number of hydrogen-bond acceptors (Lipinski definition) is 2. The third-order valence-electron chi connectivity index (χ3n) is 4.88. The van der Waals surface area contributed by atoms with Crippen molar-refractivity contribution in [1.82, 2.24) is 4.90 Å². The number of fused-ring (bicyclic) bond motifs is 1. The Balaban J connectivity index is 1.89. The molecule has 0 aromatic heterocycles. The fourth-order valence-corrected chi connectivity index (χ4v) is 3.64. The van der Waals surface area contributed by atoms with Gasteiger partial charge in [-0.3, -0.25) is 4.79 Å². The van der Waals surface area contributed by atoms with Gasteiger partial charge in [0.05, 0.1) is 12.7 Å². The number of ether oxygens (including phenoxy) is 1. The molecule has 132 valence electrons. The number of carbonyl (C=O) groups is 1. The van der Waals surface area contributed by atoms with Gasteiger partial charge in [-0.1, -0.05) is 31.2 Å². The largest absolute Gasteiger partial charge is 0.496 e. The summed E-state index contributed by atoms with van der Waals surface area (Å²) >= 11 is 0. The van der Waals surface area contributed by atoms with E-state index in [4.69, 9.17) is 4.74 Å². The summed E-state index contributed by atoms with van der Waals surface area (Å²) in [6.45, 7) is 2.71. The molecule has 2 aromatic carbocycles. The monoisotopic (exact) mass is 341 g/mol. The predicted molar refractivity (Wildman–Crippen MR) is 96.5 cm³/mol. The fourth-order valence-electron chi connectivity index (χ4n) is 3.64. The van der Waals surface area contributed by atoms with Gasteiger partial charge in [0.25, 0.3) is 5.91 Å². The third-order valence-corrected chi connectivity index (χ3v) is 4.88. The lowest BCUT2D eigenvalue weighted by Crippen LogP contribution is -2.44.